The van der Waals surface area contributed by atoms with Crippen molar-refractivity contribution in [3.63, 3.8) is 0 Å². The van der Waals surface area contributed by atoms with E-state index in [1.807, 2.05) is 0 Å². The normalized spacial score (nSPS) is 12.4. The van der Waals surface area contributed by atoms with Crippen molar-refractivity contribution in [3.8, 4) is 0 Å². The molecule has 2 rings (SSSR count). The van der Waals surface area contributed by atoms with Crippen LogP contribution in [-0.2, 0) is 6.42 Å². The van der Waals surface area contributed by atoms with Gasteiger partial charge in [0.15, 0.2) is 0 Å². The second-order valence-corrected chi connectivity index (χ2v) is 5.41. The van der Waals surface area contributed by atoms with Gasteiger partial charge in [-0.25, -0.2) is 0 Å². The third-order valence-electron chi connectivity index (χ3n) is 3.88. The van der Waals surface area contributed by atoms with Crippen LogP contribution in [0.5, 0.6) is 0 Å². The summed E-state index contributed by atoms with van der Waals surface area (Å²) in [6.45, 7) is 6.44. The van der Waals surface area contributed by atoms with Crippen molar-refractivity contribution < 1.29 is 0 Å². The van der Waals surface area contributed by atoms with Crippen molar-refractivity contribution in [1.29, 1.82) is 0 Å². The molecule has 0 aliphatic rings. The molecule has 0 spiro atoms. The number of aryl methyl sites for hydroxylation is 1. The van der Waals surface area contributed by atoms with Gasteiger partial charge in [0.2, 0.25) is 0 Å². The summed E-state index contributed by atoms with van der Waals surface area (Å²) in [4.78, 5) is 0. The van der Waals surface area contributed by atoms with Gasteiger partial charge in [0.1, 0.15) is 0 Å². The largest absolute Gasteiger partial charge is 0.0992 e. The molecule has 1 unspecified atom stereocenters. The van der Waals surface area contributed by atoms with E-state index in [4.69, 9.17) is 0 Å². The van der Waals surface area contributed by atoms with Crippen LogP contribution in [0.2, 0.25) is 0 Å². The summed E-state index contributed by atoms with van der Waals surface area (Å²) in [6.07, 6.45) is 7.51. The van der Waals surface area contributed by atoms with Crippen molar-refractivity contribution in [1.82, 2.24) is 0 Å². The Labute approximate surface area is 128 Å². The van der Waals surface area contributed by atoms with E-state index in [0.717, 1.165) is 19.3 Å². The maximum absolute atomic E-state index is 4.37. The molecule has 0 bridgehead atoms. The molecule has 0 saturated heterocycles. The molecule has 0 aliphatic carbocycles. The SMILES string of the molecule is C=C(CCc1ccccc1)C(CC=CC)c1ccccc1. The van der Waals surface area contributed by atoms with E-state index < -0.39 is 0 Å². The molecule has 0 saturated carbocycles. The first-order valence-electron chi connectivity index (χ1n) is 7.69. The van der Waals surface area contributed by atoms with Crippen molar-refractivity contribution in [2.75, 3.05) is 0 Å². The topological polar surface area (TPSA) is 0 Å². The first kappa shape index (κ1) is 15.3. The predicted octanol–water partition coefficient (Wildman–Crippen LogP) is 5.93. The summed E-state index contributed by atoms with van der Waals surface area (Å²) >= 11 is 0. The quantitative estimate of drug-likeness (QED) is 0.550. The van der Waals surface area contributed by atoms with Crippen molar-refractivity contribution in [2.24, 2.45) is 0 Å². The van der Waals surface area contributed by atoms with Crippen LogP contribution in [0.15, 0.2) is 85.0 Å². The first-order valence-corrected chi connectivity index (χ1v) is 7.69. The lowest BCUT2D eigenvalue weighted by atomic mass is 9.86. The third-order valence-corrected chi connectivity index (χ3v) is 3.88. The Morgan fingerprint density at radius 1 is 1.00 bits per heavy atom. The van der Waals surface area contributed by atoms with E-state index in [2.05, 4.69) is 86.3 Å². The zero-order valence-electron chi connectivity index (χ0n) is 12.8. The van der Waals surface area contributed by atoms with E-state index in [0.29, 0.717) is 5.92 Å². The van der Waals surface area contributed by atoms with Gasteiger partial charge in [0.25, 0.3) is 0 Å². The van der Waals surface area contributed by atoms with Crippen LogP contribution in [0.4, 0.5) is 0 Å². The Morgan fingerprint density at radius 2 is 1.62 bits per heavy atom. The second-order valence-electron chi connectivity index (χ2n) is 5.41. The molecule has 1 atom stereocenters. The summed E-state index contributed by atoms with van der Waals surface area (Å²) in [5.41, 5.74) is 4.08. The standard InChI is InChI=1S/C21H24/c1-3-4-15-21(20-13-9-6-10-14-20)18(2)16-17-19-11-7-5-8-12-19/h3-14,21H,2,15-17H2,1H3. The van der Waals surface area contributed by atoms with Crippen LogP contribution < -0.4 is 0 Å². The Morgan fingerprint density at radius 3 is 2.24 bits per heavy atom. The van der Waals surface area contributed by atoms with E-state index in [-0.39, 0.29) is 0 Å². The van der Waals surface area contributed by atoms with Crippen LogP contribution >= 0.6 is 0 Å². The van der Waals surface area contributed by atoms with E-state index >= 15 is 0 Å². The third kappa shape index (κ3) is 4.75. The number of allylic oxidation sites excluding steroid dienone is 3. The lowest BCUT2D eigenvalue weighted by Crippen LogP contribution is -2.02. The van der Waals surface area contributed by atoms with Gasteiger partial charge >= 0.3 is 0 Å². The molecular formula is C21H24. The summed E-state index contributed by atoms with van der Waals surface area (Å²) in [5, 5.41) is 0. The zero-order valence-corrected chi connectivity index (χ0v) is 12.8. The van der Waals surface area contributed by atoms with Gasteiger partial charge in [0.05, 0.1) is 0 Å². The van der Waals surface area contributed by atoms with Gasteiger partial charge in [-0.2, -0.15) is 0 Å². The molecule has 21 heavy (non-hydrogen) atoms. The van der Waals surface area contributed by atoms with Gasteiger partial charge in [0, 0.05) is 5.92 Å². The van der Waals surface area contributed by atoms with Crippen LogP contribution in [0.3, 0.4) is 0 Å². The fourth-order valence-corrected chi connectivity index (χ4v) is 2.62. The summed E-state index contributed by atoms with van der Waals surface area (Å²) in [7, 11) is 0. The average molecular weight is 276 g/mol. The molecule has 0 heterocycles. The van der Waals surface area contributed by atoms with Crippen LogP contribution in [0.25, 0.3) is 0 Å². The second kappa shape index (κ2) is 8.26. The molecule has 0 amide bonds. The molecule has 0 radical (unpaired) electrons. The summed E-state index contributed by atoms with van der Waals surface area (Å²) in [6, 6.07) is 21.4. The Hall–Kier alpha value is -2.08. The summed E-state index contributed by atoms with van der Waals surface area (Å²) in [5.74, 6) is 0.422. The van der Waals surface area contributed by atoms with Crippen LogP contribution in [0.1, 0.15) is 36.8 Å². The first-order chi connectivity index (χ1) is 10.3. The number of hydrogen-bond acceptors (Lipinski definition) is 0. The molecule has 2 aromatic carbocycles. The highest BCUT2D eigenvalue weighted by atomic mass is 14.2. The Balaban J connectivity index is 2.04. The fraction of sp³-hybridized carbons (Fsp3) is 0.238. The van der Waals surface area contributed by atoms with Crippen LogP contribution in [0, 0.1) is 0 Å². The minimum absolute atomic E-state index is 0.422. The highest BCUT2D eigenvalue weighted by Gasteiger charge is 2.13. The zero-order chi connectivity index (χ0) is 14.9. The lowest BCUT2D eigenvalue weighted by molar-refractivity contribution is 0.748. The molecule has 2 aromatic rings. The number of hydrogen-bond donors (Lipinski definition) is 0. The summed E-state index contributed by atoms with van der Waals surface area (Å²) < 4.78 is 0. The predicted molar refractivity (Wildman–Crippen MR) is 92.5 cm³/mol. The molecule has 0 aromatic heterocycles. The molecule has 0 N–H and O–H groups in total. The highest BCUT2D eigenvalue weighted by Crippen LogP contribution is 2.30. The molecule has 0 nitrogen and oxygen atoms in total. The van der Waals surface area contributed by atoms with E-state index in [1.165, 1.54) is 16.7 Å². The van der Waals surface area contributed by atoms with Gasteiger partial charge in [-0.05, 0) is 37.3 Å². The van der Waals surface area contributed by atoms with Crippen LogP contribution in [-0.4, -0.2) is 0 Å². The van der Waals surface area contributed by atoms with Gasteiger partial charge < -0.3 is 0 Å². The molecule has 0 aliphatic heterocycles. The number of benzene rings is 2. The minimum atomic E-state index is 0.422. The smallest absolute Gasteiger partial charge is 0.00800 e. The lowest BCUT2D eigenvalue weighted by Gasteiger charge is -2.19. The maximum Gasteiger partial charge on any atom is 0.00800 e. The van der Waals surface area contributed by atoms with E-state index in [1.54, 1.807) is 0 Å². The van der Waals surface area contributed by atoms with Crippen molar-refractivity contribution >= 4 is 0 Å². The van der Waals surface area contributed by atoms with Crippen molar-refractivity contribution in [2.45, 2.75) is 32.1 Å². The van der Waals surface area contributed by atoms with Gasteiger partial charge in [-0.3, -0.25) is 0 Å². The fourth-order valence-electron chi connectivity index (χ4n) is 2.62. The highest BCUT2D eigenvalue weighted by molar-refractivity contribution is 5.29. The van der Waals surface area contributed by atoms with E-state index in [9.17, 15) is 0 Å². The molecule has 0 heteroatoms. The Bertz CT molecular complexity index is 564. The average Bonchev–Trinajstić information content (AvgIpc) is 2.55. The van der Waals surface area contributed by atoms with Crippen molar-refractivity contribution in [3.05, 3.63) is 96.1 Å². The number of rotatable bonds is 7. The molecular weight excluding hydrogens is 252 g/mol. The maximum atomic E-state index is 4.37. The minimum Gasteiger partial charge on any atom is -0.0992 e. The molecule has 108 valence electrons. The van der Waals surface area contributed by atoms with Gasteiger partial charge in [-0.15, -0.1) is 0 Å². The Kier molecular flexibility index (Phi) is 6.02. The molecule has 0 fully saturated rings. The van der Waals surface area contributed by atoms with Gasteiger partial charge in [-0.1, -0.05) is 85.0 Å². The monoisotopic (exact) mass is 276 g/mol.